The topological polar surface area (TPSA) is 64.3 Å². The Hall–Kier alpha value is -2.30. The van der Waals surface area contributed by atoms with Crippen LogP contribution >= 0.6 is 0 Å². The minimum atomic E-state index is 0.430. The fourth-order valence-electron chi connectivity index (χ4n) is 2.71. The van der Waals surface area contributed by atoms with Crippen LogP contribution < -0.4 is 15.4 Å². The van der Waals surface area contributed by atoms with E-state index >= 15 is 0 Å². The minimum Gasteiger partial charge on any atom is -0.437 e. The maximum absolute atomic E-state index is 6.23. The highest BCUT2D eigenvalue weighted by Gasteiger charge is 2.18. The van der Waals surface area contributed by atoms with Crippen molar-refractivity contribution in [2.45, 2.75) is 32.6 Å². The lowest BCUT2D eigenvalue weighted by Crippen LogP contribution is -2.31. The summed E-state index contributed by atoms with van der Waals surface area (Å²) in [6, 6.07) is 8.00. The van der Waals surface area contributed by atoms with Gasteiger partial charge >= 0.3 is 0 Å². The molecule has 0 aliphatic carbocycles. The third kappa shape index (κ3) is 3.13. The Labute approximate surface area is 131 Å². The Balaban J connectivity index is 1.81. The molecule has 0 unspecified atom stereocenters. The molecule has 1 aromatic heterocycles. The summed E-state index contributed by atoms with van der Waals surface area (Å²) in [7, 11) is 0. The van der Waals surface area contributed by atoms with Gasteiger partial charge < -0.3 is 15.4 Å². The summed E-state index contributed by atoms with van der Waals surface area (Å²) in [6.45, 7) is 4.11. The van der Waals surface area contributed by atoms with Crippen molar-refractivity contribution >= 4 is 11.5 Å². The zero-order valence-electron chi connectivity index (χ0n) is 13.0. The molecule has 0 saturated carbocycles. The van der Waals surface area contributed by atoms with Gasteiger partial charge in [-0.15, -0.1) is 0 Å². The van der Waals surface area contributed by atoms with Crippen LogP contribution in [0.25, 0.3) is 0 Å². The Morgan fingerprint density at radius 3 is 2.50 bits per heavy atom. The second kappa shape index (κ2) is 6.64. The van der Waals surface area contributed by atoms with E-state index in [9.17, 15) is 0 Å². The first-order valence-corrected chi connectivity index (χ1v) is 7.90. The fraction of sp³-hybridized carbons (Fsp3) is 0.412. The average molecular weight is 298 g/mol. The van der Waals surface area contributed by atoms with Crippen molar-refractivity contribution in [3.8, 4) is 11.6 Å². The monoisotopic (exact) mass is 298 g/mol. The second-order valence-electron chi connectivity index (χ2n) is 5.56. The number of nitrogens with zero attached hydrogens (tertiary/aromatic N) is 3. The summed E-state index contributed by atoms with van der Waals surface area (Å²) < 4.78 is 5.84. The molecule has 1 aromatic carbocycles. The lowest BCUT2D eigenvalue weighted by molar-refractivity contribution is 0.463. The van der Waals surface area contributed by atoms with Gasteiger partial charge in [-0.1, -0.05) is 19.1 Å². The van der Waals surface area contributed by atoms with E-state index in [4.69, 9.17) is 10.5 Å². The molecule has 0 atom stereocenters. The largest absolute Gasteiger partial charge is 0.437 e. The minimum absolute atomic E-state index is 0.430. The first-order valence-electron chi connectivity index (χ1n) is 7.90. The van der Waals surface area contributed by atoms with E-state index in [0.717, 1.165) is 31.1 Å². The summed E-state index contributed by atoms with van der Waals surface area (Å²) in [6.07, 6.45) is 6.16. The lowest BCUT2D eigenvalue weighted by Gasteiger charge is -2.28. The van der Waals surface area contributed by atoms with Gasteiger partial charge in [-0.25, -0.2) is 4.98 Å². The van der Waals surface area contributed by atoms with E-state index < -0.39 is 0 Å². The molecule has 0 bridgehead atoms. The van der Waals surface area contributed by atoms with Crippen LogP contribution in [0.3, 0.4) is 0 Å². The lowest BCUT2D eigenvalue weighted by atomic mass is 10.1. The van der Waals surface area contributed by atoms with Crippen LogP contribution in [0.5, 0.6) is 11.6 Å². The molecule has 1 aliphatic rings. The van der Waals surface area contributed by atoms with Crippen LogP contribution in [0, 0.1) is 0 Å². The van der Waals surface area contributed by atoms with Gasteiger partial charge in [0.2, 0.25) is 5.88 Å². The first kappa shape index (κ1) is 14.6. The number of ether oxygens (including phenoxy) is 1. The van der Waals surface area contributed by atoms with E-state index in [1.807, 2.05) is 12.1 Å². The van der Waals surface area contributed by atoms with E-state index in [-0.39, 0.29) is 0 Å². The predicted octanol–water partition coefficient (Wildman–Crippen LogP) is 3.40. The van der Waals surface area contributed by atoms with Crippen molar-refractivity contribution in [1.29, 1.82) is 0 Å². The molecule has 1 aliphatic heterocycles. The summed E-state index contributed by atoms with van der Waals surface area (Å²) >= 11 is 0. The number of hydrogen-bond acceptors (Lipinski definition) is 5. The number of anilines is 2. The standard InChI is InChI=1S/C17H22N4O/c1-2-13-6-8-14(9-7-13)22-17-15(18)16(19-12-20-17)21-10-4-3-5-11-21/h6-9,12H,2-5,10-11,18H2,1H3. The summed E-state index contributed by atoms with van der Waals surface area (Å²) in [5, 5.41) is 0. The molecule has 0 spiro atoms. The van der Waals surface area contributed by atoms with Gasteiger partial charge in [-0.3, -0.25) is 0 Å². The van der Waals surface area contributed by atoms with Crippen molar-refractivity contribution in [1.82, 2.24) is 9.97 Å². The SMILES string of the molecule is CCc1ccc(Oc2ncnc(N3CCCCC3)c2N)cc1. The Bertz CT molecular complexity index is 621. The van der Waals surface area contributed by atoms with E-state index in [0.29, 0.717) is 11.6 Å². The first-order chi connectivity index (χ1) is 10.8. The van der Waals surface area contributed by atoms with Gasteiger partial charge in [0.05, 0.1) is 0 Å². The normalized spacial score (nSPS) is 14.9. The van der Waals surface area contributed by atoms with Gasteiger partial charge in [0.25, 0.3) is 0 Å². The van der Waals surface area contributed by atoms with Gasteiger partial charge in [-0.2, -0.15) is 4.98 Å². The van der Waals surface area contributed by atoms with Gasteiger partial charge in [0.1, 0.15) is 17.8 Å². The third-order valence-corrected chi connectivity index (χ3v) is 4.03. The molecule has 5 nitrogen and oxygen atoms in total. The third-order valence-electron chi connectivity index (χ3n) is 4.03. The highest BCUT2D eigenvalue weighted by atomic mass is 16.5. The van der Waals surface area contributed by atoms with Crippen LogP contribution in [-0.2, 0) is 6.42 Å². The molecule has 1 fully saturated rings. The molecular weight excluding hydrogens is 276 g/mol. The molecule has 0 radical (unpaired) electrons. The summed E-state index contributed by atoms with van der Waals surface area (Å²) in [5.41, 5.74) is 8.02. The van der Waals surface area contributed by atoms with Crippen LogP contribution in [0.1, 0.15) is 31.7 Å². The van der Waals surface area contributed by atoms with Gasteiger partial charge in [0, 0.05) is 13.1 Å². The second-order valence-corrected chi connectivity index (χ2v) is 5.56. The molecule has 22 heavy (non-hydrogen) atoms. The Morgan fingerprint density at radius 1 is 1.09 bits per heavy atom. The number of aromatic nitrogens is 2. The van der Waals surface area contributed by atoms with Crippen LogP contribution in [0.2, 0.25) is 0 Å². The van der Waals surface area contributed by atoms with Crippen LogP contribution in [0.15, 0.2) is 30.6 Å². The van der Waals surface area contributed by atoms with Crippen molar-refractivity contribution in [2.75, 3.05) is 23.7 Å². The number of aryl methyl sites for hydroxylation is 1. The quantitative estimate of drug-likeness (QED) is 0.937. The Kier molecular flexibility index (Phi) is 4.42. The zero-order chi connectivity index (χ0) is 15.4. The van der Waals surface area contributed by atoms with Crippen LogP contribution in [0.4, 0.5) is 11.5 Å². The number of nitrogen functional groups attached to an aromatic ring is 1. The molecule has 1 saturated heterocycles. The molecule has 5 heteroatoms. The molecule has 116 valence electrons. The zero-order valence-corrected chi connectivity index (χ0v) is 13.0. The summed E-state index contributed by atoms with van der Waals surface area (Å²) in [4.78, 5) is 10.7. The number of piperidine rings is 1. The van der Waals surface area contributed by atoms with Gasteiger partial charge in [0.15, 0.2) is 5.82 Å². The number of benzene rings is 1. The van der Waals surface area contributed by atoms with Crippen molar-refractivity contribution in [2.24, 2.45) is 0 Å². The highest BCUT2D eigenvalue weighted by molar-refractivity contribution is 5.68. The number of hydrogen-bond donors (Lipinski definition) is 1. The Morgan fingerprint density at radius 2 is 1.82 bits per heavy atom. The molecular formula is C17H22N4O. The molecule has 3 rings (SSSR count). The molecule has 2 N–H and O–H groups in total. The highest BCUT2D eigenvalue weighted by Crippen LogP contribution is 2.32. The van der Waals surface area contributed by atoms with Crippen molar-refractivity contribution < 1.29 is 4.74 Å². The van der Waals surface area contributed by atoms with Crippen molar-refractivity contribution in [3.05, 3.63) is 36.2 Å². The van der Waals surface area contributed by atoms with E-state index in [1.54, 1.807) is 0 Å². The fourth-order valence-corrected chi connectivity index (χ4v) is 2.71. The molecule has 0 amide bonds. The van der Waals surface area contributed by atoms with Crippen LogP contribution in [-0.4, -0.2) is 23.1 Å². The molecule has 2 heterocycles. The average Bonchev–Trinajstić information content (AvgIpc) is 2.58. The number of nitrogens with two attached hydrogens (primary N) is 1. The smallest absolute Gasteiger partial charge is 0.248 e. The maximum atomic E-state index is 6.23. The summed E-state index contributed by atoms with van der Waals surface area (Å²) in [5.74, 6) is 1.96. The molecule has 2 aromatic rings. The number of rotatable bonds is 4. The predicted molar refractivity (Wildman–Crippen MR) is 88.4 cm³/mol. The van der Waals surface area contributed by atoms with E-state index in [2.05, 4.69) is 33.9 Å². The maximum Gasteiger partial charge on any atom is 0.248 e. The van der Waals surface area contributed by atoms with Gasteiger partial charge in [-0.05, 0) is 43.4 Å². The van der Waals surface area contributed by atoms with Crippen molar-refractivity contribution in [3.63, 3.8) is 0 Å². The van der Waals surface area contributed by atoms with E-state index in [1.165, 1.54) is 31.2 Å².